The van der Waals surface area contributed by atoms with Crippen molar-refractivity contribution >= 4 is 11.9 Å². The first-order valence-corrected chi connectivity index (χ1v) is 9.83. The molecule has 1 heterocycles. The number of nitrogens with one attached hydrogen (secondary N) is 1. The lowest BCUT2D eigenvalue weighted by Gasteiger charge is -2.18. The van der Waals surface area contributed by atoms with E-state index in [2.05, 4.69) is 17.3 Å². The van der Waals surface area contributed by atoms with Crippen LogP contribution in [0.5, 0.6) is 5.75 Å². The fourth-order valence-electron chi connectivity index (χ4n) is 3.09. The highest BCUT2D eigenvalue weighted by atomic mass is 16.5. The molecular formula is C23H25N3O4. The van der Waals surface area contributed by atoms with Crippen molar-refractivity contribution in [1.82, 2.24) is 15.1 Å². The minimum absolute atomic E-state index is 0.0160. The van der Waals surface area contributed by atoms with Crippen LogP contribution in [-0.4, -0.2) is 35.4 Å². The van der Waals surface area contributed by atoms with Gasteiger partial charge < -0.3 is 14.8 Å². The van der Waals surface area contributed by atoms with Gasteiger partial charge in [-0.25, -0.2) is 9.48 Å². The summed E-state index contributed by atoms with van der Waals surface area (Å²) in [6, 6.07) is 18.9. The average molecular weight is 407 g/mol. The number of carbonyl (C=O) groups excluding carboxylic acids is 2. The fourth-order valence-corrected chi connectivity index (χ4v) is 3.09. The molecule has 30 heavy (non-hydrogen) atoms. The Morgan fingerprint density at radius 3 is 2.37 bits per heavy atom. The fraction of sp³-hybridized carbons (Fsp3) is 0.261. The predicted molar refractivity (Wildman–Crippen MR) is 113 cm³/mol. The second-order valence-corrected chi connectivity index (χ2v) is 6.72. The van der Waals surface area contributed by atoms with Crippen LogP contribution in [0.3, 0.4) is 0 Å². The molecule has 156 valence electrons. The highest BCUT2D eigenvalue weighted by molar-refractivity contribution is 5.92. The number of methoxy groups -OCH3 is 1. The van der Waals surface area contributed by atoms with Gasteiger partial charge in [-0.3, -0.25) is 4.79 Å². The second-order valence-electron chi connectivity index (χ2n) is 6.72. The smallest absolute Gasteiger partial charge is 0.363 e. The molecule has 0 fully saturated rings. The SMILES string of the molecule is CCC[C@H](NC(=O)COC(=O)c1nn(-c2ccccc2)cc1OC)c1ccccc1. The third kappa shape index (κ3) is 5.26. The molecule has 0 unspecified atom stereocenters. The van der Waals surface area contributed by atoms with Crippen molar-refractivity contribution in [2.45, 2.75) is 25.8 Å². The van der Waals surface area contributed by atoms with Gasteiger partial charge in [0.25, 0.3) is 5.91 Å². The van der Waals surface area contributed by atoms with Crippen molar-refractivity contribution in [2.75, 3.05) is 13.7 Å². The molecule has 0 saturated heterocycles. The third-order valence-corrected chi connectivity index (χ3v) is 4.56. The van der Waals surface area contributed by atoms with Gasteiger partial charge in [0.15, 0.2) is 12.4 Å². The molecule has 0 radical (unpaired) electrons. The number of nitrogens with zero attached hydrogens (tertiary/aromatic N) is 2. The van der Waals surface area contributed by atoms with Gasteiger partial charge in [-0.05, 0) is 24.1 Å². The maximum Gasteiger partial charge on any atom is 0.363 e. The molecule has 1 atom stereocenters. The minimum Gasteiger partial charge on any atom is -0.493 e. The van der Waals surface area contributed by atoms with Crippen molar-refractivity contribution in [3.8, 4) is 11.4 Å². The van der Waals surface area contributed by atoms with Crippen molar-refractivity contribution in [3.63, 3.8) is 0 Å². The molecule has 1 N–H and O–H groups in total. The van der Waals surface area contributed by atoms with Gasteiger partial charge in [0.2, 0.25) is 5.69 Å². The number of hydrogen-bond acceptors (Lipinski definition) is 5. The lowest BCUT2D eigenvalue weighted by Crippen LogP contribution is -2.32. The lowest BCUT2D eigenvalue weighted by atomic mass is 10.0. The van der Waals surface area contributed by atoms with Gasteiger partial charge in [-0.15, -0.1) is 0 Å². The minimum atomic E-state index is -0.719. The second kappa shape index (κ2) is 10.2. The van der Waals surface area contributed by atoms with E-state index >= 15 is 0 Å². The Balaban J connectivity index is 1.63. The summed E-state index contributed by atoms with van der Waals surface area (Å²) in [5.74, 6) is -0.812. The molecule has 0 saturated carbocycles. The van der Waals surface area contributed by atoms with Gasteiger partial charge >= 0.3 is 5.97 Å². The molecule has 7 nitrogen and oxygen atoms in total. The summed E-state index contributed by atoms with van der Waals surface area (Å²) in [6.07, 6.45) is 3.30. The Bertz CT molecular complexity index is 971. The van der Waals surface area contributed by atoms with Crippen LogP contribution in [0.2, 0.25) is 0 Å². The van der Waals surface area contributed by atoms with Crippen molar-refractivity contribution in [1.29, 1.82) is 0 Å². The Morgan fingerprint density at radius 2 is 1.73 bits per heavy atom. The summed E-state index contributed by atoms with van der Waals surface area (Å²) in [6.45, 7) is 1.66. The van der Waals surface area contributed by atoms with Gasteiger partial charge in [0.1, 0.15) is 0 Å². The molecule has 3 aromatic rings. The van der Waals surface area contributed by atoms with E-state index in [0.29, 0.717) is 0 Å². The maximum absolute atomic E-state index is 12.5. The first kappa shape index (κ1) is 21.1. The van der Waals surface area contributed by atoms with E-state index in [9.17, 15) is 9.59 Å². The lowest BCUT2D eigenvalue weighted by molar-refractivity contribution is -0.125. The van der Waals surface area contributed by atoms with E-state index in [-0.39, 0.29) is 23.4 Å². The standard InChI is InChI=1S/C23H25N3O4/c1-3-10-19(17-11-6-4-7-12-17)24-21(27)16-30-23(28)22-20(29-2)15-26(25-22)18-13-8-5-9-14-18/h4-9,11-15,19H,3,10,16H2,1-2H3,(H,24,27)/t19-/m0/s1. The van der Waals surface area contributed by atoms with Crippen molar-refractivity contribution in [2.24, 2.45) is 0 Å². The summed E-state index contributed by atoms with van der Waals surface area (Å²) < 4.78 is 12.0. The number of carbonyl (C=O) groups is 2. The largest absolute Gasteiger partial charge is 0.493 e. The molecule has 1 aromatic heterocycles. The molecule has 1 amide bonds. The Morgan fingerprint density at radius 1 is 1.07 bits per heavy atom. The van der Waals surface area contributed by atoms with Gasteiger partial charge in [-0.2, -0.15) is 5.10 Å². The van der Waals surface area contributed by atoms with Gasteiger partial charge in [-0.1, -0.05) is 61.9 Å². The molecule has 2 aromatic carbocycles. The maximum atomic E-state index is 12.5. The zero-order valence-corrected chi connectivity index (χ0v) is 17.1. The van der Waals surface area contributed by atoms with Crippen LogP contribution in [0, 0.1) is 0 Å². The van der Waals surface area contributed by atoms with Crippen LogP contribution in [0.15, 0.2) is 66.9 Å². The summed E-state index contributed by atoms with van der Waals surface area (Å²) in [5.41, 5.74) is 1.81. The number of amides is 1. The summed E-state index contributed by atoms with van der Waals surface area (Å²) in [7, 11) is 1.45. The van der Waals surface area contributed by atoms with Crippen LogP contribution in [0.25, 0.3) is 5.69 Å². The van der Waals surface area contributed by atoms with E-state index in [0.717, 1.165) is 24.1 Å². The molecule has 0 aliphatic carbocycles. The first-order valence-electron chi connectivity index (χ1n) is 9.83. The number of rotatable bonds is 9. The summed E-state index contributed by atoms with van der Waals surface area (Å²) >= 11 is 0. The molecule has 0 aliphatic rings. The summed E-state index contributed by atoms with van der Waals surface area (Å²) in [4.78, 5) is 24.9. The van der Waals surface area contributed by atoms with E-state index in [4.69, 9.17) is 9.47 Å². The molecule has 0 spiro atoms. The number of esters is 1. The van der Waals surface area contributed by atoms with Gasteiger partial charge in [0.05, 0.1) is 25.0 Å². The van der Waals surface area contributed by atoms with E-state index in [1.54, 1.807) is 6.20 Å². The van der Waals surface area contributed by atoms with Gasteiger partial charge in [0, 0.05) is 0 Å². The van der Waals surface area contributed by atoms with Crippen LogP contribution in [0.1, 0.15) is 41.9 Å². The number of para-hydroxylation sites is 1. The van der Waals surface area contributed by atoms with Crippen LogP contribution in [0.4, 0.5) is 0 Å². The highest BCUT2D eigenvalue weighted by Crippen LogP contribution is 2.21. The first-order chi connectivity index (χ1) is 14.6. The number of hydrogen-bond donors (Lipinski definition) is 1. The molecular weight excluding hydrogens is 382 g/mol. The number of aromatic nitrogens is 2. The zero-order valence-electron chi connectivity index (χ0n) is 17.1. The number of benzene rings is 2. The van der Waals surface area contributed by atoms with Crippen LogP contribution in [-0.2, 0) is 9.53 Å². The zero-order chi connectivity index (χ0) is 21.3. The third-order valence-electron chi connectivity index (χ3n) is 4.56. The van der Waals surface area contributed by atoms with E-state index in [1.165, 1.54) is 11.8 Å². The number of ether oxygens (including phenoxy) is 2. The monoisotopic (exact) mass is 407 g/mol. The van der Waals surface area contributed by atoms with Crippen molar-refractivity contribution < 1.29 is 19.1 Å². The quantitative estimate of drug-likeness (QED) is 0.547. The topological polar surface area (TPSA) is 82.5 Å². The molecule has 0 aliphatic heterocycles. The van der Waals surface area contributed by atoms with Crippen LogP contribution < -0.4 is 10.1 Å². The Hall–Kier alpha value is -3.61. The Kier molecular flexibility index (Phi) is 7.21. The van der Waals surface area contributed by atoms with E-state index < -0.39 is 12.6 Å². The van der Waals surface area contributed by atoms with E-state index in [1.807, 2.05) is 60.7 Å². The molecule has 0 bridgehead atoms. The predicted octanol–water partition coefficient (Wildman–Crippen LogP) is 3.70. The highest BCUT2D eigenvalue weighted by Gasteiger charge is 2.22. The average Bonchev–Trinajstić information content (AvgIpc) is 3.23. The van der Waals surface area contributed by atoms with Crippen LogP contribution >= 0.6 is 0 Å². The molecule has 7 heteroatoms. The Labute approximate surface area is 175 Å². The normalized spacial score (nSPS) is 11.5. The summed E-state index contributed by atoms with van der Waals surface area (Å²) in [5, 5.41) is 7.18. The van der Waals surface area contributed by atoms with Crippen molar-refractivity contribution in [3.05, 3.63) is 78.1 Å². The molecule has 3 rings (SSSR count).